The van der Waals surface area contributed by atoms with E-state index in [2.05, 4.69) is 34.8 Å². The van der Waals surface area contributed by atoms with Crippen LogP contribution in [0.2, 0.25) is 0 Å². The number of amides is 1. The fraction of sp³-hybridized carbons (Fsp3) is 0.857. The van der Waals surface area contributed by atoms with Crippen LogP contribution in [0, 0.1) is 0 Å². The Labute approximate surface area is 139 Å². The summed E-state index contributed by atoms with van der Waals surface area (Å²) >= 11 is 0. The van der Waals surface area contributed by atoms with Crippen molar-refractivity contribution in [1.29, 1.82) is 0 Å². The Kier molecular flexibility index (Phi) is 10.9. The summed E-state index contributed by atoms with van der Waals surface area (Å²) in [4.78, 5) is 16.1. The number of aliphatic imine (C=N–C) groups is 1. The average molecular weight is 396 g/mol. The third kappa shape index (κ3) is 8.60. The van der Waals surface area contributed by atoms with Gasteiger partial charge in [-0.3, -0.25) is 4.79 Å². The van der Waals surface area contributed by atoms with E-state index < -0.39 is 0 Å². The second-order valence-corrected chi connectivity index (χ2v) is 5.40. The fourth-order valence-corrected chi connectivity index (χ4v) is 2.26. The number of halogens is 1. The second-order valence-electron chi connectivity index (χ2n) is 5.40. The molecule has 0 aromatic carbocycles. The third-order valence-corrected chi connectivity index (χ3v) is 3.12. The maximum absolute atomic E-state index is 11.8. The molecule has 1 aliphatic carbocycles. The van der Waals surface area contributed by atoms with Crippen molar-refractivity contribution in [1.82, 2.24) is 16.0 Å². The molecular weight excluding hydrogens is 367 g/mol. The molecule has 118 valence electrons. The van der Waals surface area contributed by atoms with Crippen LogP contribution in [0.3, 0.4) is 0 Å². The van der Waals surface area contributed by atoms with Gasteiger partial charge in [-0.2, -0.15) is 0 Å². The average Bonchev–Trinajstić information content (AvgIpc) is 2.37. The lowest BCUT2D eigenvalue weighted by Gasteiger charge is -2.22. The molecule has 20 heavy (non-hydrogen) atoms. The van der Waals surface area contributed by atoms with E-state index in [0.717, 1.165) is 19.4 Å². The van der Waals surface area contributed by atoms with E-state index in [1.807, 2.05) is 6.92 Å². The standard InChI is InChI=1S/C14H28N4O.HI/c1-4-15-14(17-11(2)3)16-10-13(19)18-12-8-6-5-7-9-12;/h11-12H,4-10H2,1-3H3,(H,18,19)(H2,15,16,17);1H. The molecule has 1 amide bonds. The number of rotatable bonds is 5. The highest BCUT2D eigenvalue weighted by atomic mass is 127. The maximum Gasteiger partial charge on any atom is 0.242 e. The van der Waals surface area contributed by atoms with Gasteiger partial charge in [0.05, 0.1) is 0 Å². The Morgan fingerprint density at radius 1 is 1.25 bits per heavy atom. The molecule has 1 rings (SSSR count). The number of nitrogens with zero attached hydrogens (tertiary/aromatic N) is 1. The van der Waals surface area contributed by atoms with E-state index >= 15 is 0 Å². The van der Waals surface area contributed by atoms with Gasteiger partial charge >= 0.3 is 0 Å². The molecule has 0 spiro atoms. The third-order valence-electron chi connectivity index (χ3n) is 3.12. The van der Waals surface area contributed by atoms with Crippen LogP contribution in [0.4, 0.5) is 0 Å². The Morgan fingerprint density at radius 3 is 2.45 bits per heavy atom. The van der Waals surface area contributed by atoms with Crippen LogP contribution in [-0.2, 0) is 4.79 Å². The predicted octanol–water partition coefficient (Wildman–Crippen LogP) is 2.02. The monoisotopic (exact) mass is 396 g/mol. The zero-order chi connectivity index (χ0) is 14.1. The van der Waals surface area contributed by atoms with Gasteiger partial charge < -0.3 is 16.0 Å². The Hall–Kier alpha value is -0.530. The summed E-state index contributed by atoms with van der Waals surface area (Å²) < 4.78 is 0. The van der Waals surface area contributed by atoms with Crippen LogP contribution >= 0.6 is 24.0 Å². The number of hydrogen-bond donors (Lipinski definition) is 3. The summed E-state index contributed by atoms with van der Waals surface area (Å²) in [5.74, 6) is 0.726. The van der Waals surface area contributed by atoms with Gasteiger partial charge in [0, 0.05) is 18.6 Å². The molecule has 0 unspecified atom stereocenters. The number of nitrogens with one attached hydrogen (secondary N) is 3. The molecular formula is C14H29IN4O. The van der Waals surface area contributed by atoms with Crippen molar-refractivity contribution >= 4 is 35.8 Å². The second kappa shape index (κ2) is 11.2. The Bertz CT molecular complexity index is 302. The topological polar surface area (TPSA) is 65.5 Å². The van der Waals surface area contributed by atoms with Crippen LogP contribution in [0.5, 0.6) is 0 Å². The van der Waals surface area contributed by atoms with Crippen LogP contribution in [0.15, 0.2) is 4.99 Å². The highest BCUT2D eigenvalue weighted by Gasteiger charge is 2.15. The summed E-state index contributed by atoms with van der Waals surface area (Å²) in [5, 5.41) is 9.40. The summed E-state index contributed by atoms with van der Waals surface area (Å²) in [6, 6.07) is 0.663. The lowest BCUT2D eigenvalue weighted by Crippen LogP contribution is -2.42. The van der Waals surface area contributed by atoms with Crippen LogP contribution in [0.1, 0.15) is 52.9 Å². The quantitative estimate of drug-likeness (QED) is 0.379. The van der Waals surface area contributed by atoms with Crippen LogP contribution < -0.4 is 16.0 Å². The van der Waals surface area contributed by atoms with Gasteiger partial charge in [-0.25, -0.2) is 4.99 Å². The highest BCUT2D eigenvalue weighted by molar-refractivity contribution is 14.0. The van der Waals surface area contributed by atoms with E-state index in [9.17, 15) is 4.79 Å². The lowest BCUT2D eigenvalue weighted by atomic mass is 9.95. The minimum atomic E-state index is 0. The zero-order valence-corrected chi connectivity index (χ0v) is 15.2. The fourth-order valence-electron chi connectivity index (χ4n) is 2.26. The molecule has 5 nitrogen and oxygen atoms in total. The molecule has 1 fully saturated rings. The van der Waals surface area contributed by atoms with Gasteiger partial charge in [0.25, 0.3) is 0 Å². The van der Waals surface area contributed by atoms with Crippen molar-refractivity contribution in [3.8, 4) is 0 Å². The minimum absolute atomic E-state index is 0. The summed E-state index contributed by atoms with van der Waals surface area (Å²) in [5.41, 5.74) is 0. The molecule has 1 saturated carbocycles. The van der Waals surface area contributed by atoms with Gasteiger partial charge in [-0.1, -0.05) is 19.3 Å². The van der Waals surface area contributed by atoms with Crippen molar-refractivity contribution in [2.45, 2.75) is 65.0 Å². The zero-order valence-electron chi connectivity index (χ0n) is 12.9. The number of carbonyl (C=O) groups excluding carboxylic acids is 1. The van der Waals surface area contributed by atoms with E-state index in [1.165, 1.54) is 19.3 Å². The largest absolute Gasteiger partial charge is 0.357 e. The number of hydrogen-bond acceptors (Lipinski definition) is 2. The summed E-state index contributed by atoms with van der Waals surface area (Å²) in [7, 11) is 0. The number of carbonyl (C=O) groups is 1. The van der Waals surface area contributed by atoms with E-state index in [0.29, 0.717) is 18.0 Å². The molecule has 0 bridgehead atoms. The van der Waals surface area contributed by atoms with Crippen molar-refractivity contribution in [3.63, 3.8) is 0 Å². The molecule has 0 atom stereocenters. The SMILES string of the molecule is CCNC(=NCC(=O)NC1CCCCC1)NC(C)C.I. The normalized spacial score (nSPS) is 16.5. The van der Waals surface area contributed by atoms with Gasteiger partial charge in [-0.05, 0) is 33.6 Å². The molecule has 1 aliphatic rings. The first-order valence-electron chi connectivity index (χ1n) is 7.46. The first-order chi connectivity index (χ1) is 9.11. The van der Waals surface area contributed by atoms with Gasteiger partial charge in [0.2, 0.25) is 5.91 Å². The minimum Gasteiger partial charge on any atom is -0.357 e. The van der Waals surface area contributed by atoms with Gasteiger partial charge in [-0.15, -0.1) is 24.0 Å². The lowest BCUT2D eigenvalue weighted by molar-refractivity contribution is -0.120. The van der Waals surface area contributed by atoms with Crippen LogP contribution in [0.25, 0.3) is 0 Å². The van der Waals surface area contributed by atoms with Crippen molar-refractivity contribution < 1.29 is 4.79 Å². The van der Waals surface area contributed by atoms with Crippen molar-refractivity contribution in [2.75, 3.05) is 13.1 Å². The molecule has 0 aromatic rings. The Morgan fingerprint density at radius 2 is 1.90 bits per heavy atom. The van der Waals surface area contributed by atoms with E-state index in [1.54, 1.807) is 0 Å². The number of guanidine groups is 1. The molecule has 0 aromatic heterocycles. The van der Waals surface area contributed by atoms with Crippen molar-refractivity contribution in [2.24, 2.45) is 4.99 Å². The predicted molar refractivity (Wildman–Crippen MR) is 94.7 cm³/mol. The van der Waals surface area contributed by atoms with Gasteiger partial charge in [0.1, 0.15) is 6.54 Å². The molecule has 0 saturated heterocycles. The van der Waals surface area contributed by atoms with Gasteiger partial charge in [0.15, 0.2) is 5.96 Å². The first-order valence-corrected chi connectivity index (χ1v) is 7.46. The van der Waals surface area contributed by atoms with E-state index in [4.69, 9.17) is 0 Å². The smallest absolute Gasteiger partial charge is 0.242 e. The molecule has 3 N–H and O–H groups in total. The summed E-state index contributed by atoms with van der Waals surface area (Å²) in [6.45, 7) is 7.10. The van der Waals surface area contributed by atoms with E-state index in [-0.39, 0.29) is 36.4 Å². The Balaban J connectivity index is 0.00000361. The van der Waals surface area contributed by atoms with Crippen molar-refractivity contribution in [3.05, 3.63) is 0 Å². The van der Waals surface area contributed by atoms with Crippen LogP contribution in [-0.4, -0.2) is 37.0 Å². The molecule has 6 heteroatoms. The molecule has 0 heterocycles. The molecule has 0 aliphatic heterocycles. The molecule has 0 radical (unpaired) electrons. The highest BCUT2D eigenvalue weighted by Crippen LogP contribution is 2.17. The summed E-state index contributed by atoms with van der Waals surface area (Å²) in [6.07, 6.45) is 5.98. The first kappa shape index (κ1) is 19.5. The maximum atomic E-state index is 11.8.